The fraction of sp³-hybridized carbons (Fsp3) is 1.00. The van der Waals surface area contributed by atoms with Crippen LogP contribution in [0.4, 0.5) is 0 Å². The normalized spacial score (nSPS) is 28.1. The van der Waals surface area contributed by atoms with Gasteiger partial charge in [-0.15, -0.1) is 0 Å². The molecule has 0 unspecified atom stereocenters. The van der Waals surface area contributed by atoms with Crippen LogP contribution < -0.4 is 0 Å². The van der Waals surface area contributed by atoms with Gasteiger partial charge >= 0.3 is 0 Å². The molecule has 0 aromatic carbocycles. The van der Waals surface area contributed by atoms with Crippen LogP contribution in [0, 0.1) is 0 Å². The molecule has 0 radical (unpaired) electrons. The molecular weight excluding hydrogens is 174 g/mol. The maximum Gasteiger partial charge on any atom is 0.0507 e. The van der Waals surface area contributed by atoms with Crippen LogP contribution in [0.3, 0.4) is 0 Å². The molecule has 0 aromatic rings. The number of likely N-dealkylation sites (tertiary alicyclic amines) is 1. The van der Waals surface area contributed by atoms with E-state index in [4.69, 9.17) is 0 Å². The largest absolute Gasteiger partial charge is 0.304 e. The molecule has 3 heteroatoms. The predicted octanol–water partition coefficient (Wildman–Crippen LogP) is 0.677. The first-order valence-electron chi connectivity index (χ1n) is 5.98. The minimum atomic E-state index is 1.22. The number of hydrogen-bond donors (Lipinski definition) is 0. The molecule has 2 heterocycles. The van der Waals surface area contributed by atoms with E-state index >= 15 is 0 Å². The van der Waals surface area contributed by atoms with Crippen molar-refractivity contribution >= 4 is 0 Å². The van der Waals surface area contributed by atoms with E-state index in [-0.39, 0.29) is 0 Å². The number of hydrogen-bond acceptors (Lipinski definition) is 3. The summed E-state index contributed by atoms with van der Waals surface area (Å²) < 4.78 is 0. The average Bonchev–Trinajstić information content (AvgIpc) is 2.23. The Labute approximate surface area is 87.7 Å². The van der Waals surface area contributed by atoms with E-state index in [9.17, 15) is 0 Å². The Kier molecular flexibility index (Phi) is 3.79. The summed E-state index contributed by atoms with van der Waals surface area (Å²) in [5.74, 6) is 0. The van der Waals surface area contributed by atoms with Crippen LogP contribution in [-0.2, 0) is 0 Å². The highest BCUT2D eigenvalue weighted by Gasteiger charge is 2.17. The summed E-state index contributed by atoms with van der Waals surface area (Å²) in [6.07, 6.45) is 4.26. The predicted molar refractivity (Wildman–Crippen MR) is 59.4 cm³/mol. The van der Waals surface area contributed by atoms with Crippen molar-refractivity contribution < 1.29 is 0 Å². The fourth-order valence-corrected chi connectivity index (χ4v) is 2.37. The molecule has 0 N–H and O–H groups in total. The first kappa shape index (κ1) is 10.4. The summed E-state index contributed by atoms with van der Waals surface area (Å²) in [7, 11) is 2.22. The van der Waals surface area contributed by atoms with Crippen LogP contribution in [0.5, 0.6) is 0 Å². The summed E-state index contributed by atoms with van der Waals surface area (Å²) in [6.45, 7) is 8.87. The van der Waals surface area contributed by atoms with E-state index in [1.807, 2.05) is 0 Å². The monoisotopic (exact) mass is 197 g/mol. The minimum Gasteiger partial charge on any atom is -0.304 e. The zero-order chi connectivity index (χ0) is 9.80. The van der Waals surface area contributed by atoms with E-state index in [2.05, 4.69) is 21.7 Å². The number of likely N-dealkylation sites (N-methyl/N-ethyl adjacent to an activating group) is 1. The van der Waals surface area contributed by atoms with Gasteiger partial charge in [-0.1, -0.05) is 6.42 Å². The Hall–Kier alpha value is -0.120. The van der Waals surface area contributed by atoms with Crippen molar-refractivity contribution in [3.8, 4) is 0 Å². The zero-order valence-corrected chi connectivity index (χ0v) is 9.41. The molecule has 2 saturated heterocycles. The number of piperidine rings is 1. The molecule has 0 amide bonds. The molecule has 2 aliphatic rings. The number of piperazine rings is 1. The van der Waals surface area contributed by atoms with Crippen LogP contribution in [-0.4, -0.2) is 67.7 Å². The Morgan fingerprint density at radius 2 is 1.29 bits per heavy atom. The van der Waals surface area contributed by atoms with Gasteiger partial charge in [0.1, 0.15) is 0 Å². The molecule has 2 fully saturated rings. The van der Waals surface area contributed by atoms with Gasteiger partial charge in [-0.25, -0.2) is 0 Å². The third-order valence-electron chi connectivity index (χ3n) is 3.44. The van der Waals surface area contributed by atoms with E-state index in [1.54, 1.807) is 0 Å². The Morgan fingerprint density at radius 1 is 0.714 bits per heavy atom. The summed E-state index contributed by atoms with van der Waals surface area (Å²) in [6, 6.07) is 0. The summed E-state index contributed by atoms with van der Waals surface area (Å²) >= 11 is 0. The van der Waals surface area contributed by atoms with Crippen LogP contribution in [0.15, 0.2) is 0 Å². The zero-order valence-electron chi connectivity index (χ0n) is 9.41. The second kappa shape index (κ2) is 5.10. The van der Waals surface area contributed by atoms with E-state index in [0.717, 1.165) is 0 Å². The van der Waals surface area contributed by atoms with Crippen molar-refractivity contribution in [1.29, 1.82) is 0 Å². The van der Waals surface area contributed by atoms with Gasteiger partial charge in [-0.3, -0.25) is 9.80 Å². The maximum absolute atomic E-state index is 2.62. The van der Waals surface area contributed by atoms with E-state index < -0.39 is 0 Å². The van der Waals surface area contributed by atoms with Gasteiger partial charge < -0.3 is 4.90 Å². The molecule has 0 bridgehead atoms. The van der Waals surface area contributed by atoms with E-state index in [0.29, 0.717) is 0 Å². The first-order valence-corrected chi connectivity index (χ1v) is 5.98. The second-order valence-electron chi connectivity index (χ2n) is 4.74. The SMILES string of the molecule is CN1CCN(CN2CCCCC2)CC1. The quantitative estimate of drug-likeness (QED) is 0.644. The van der Waals surface area contributed by atoms with Crippen LogP contribution in [0.2, 0.25) is 0 Å². The standard InChI is InChI=1S/C11H23N3/c1-12-7-9-14(10-8-12)11-13-5-3-2-4-6-13/h2-11H2,1H3. The van der Waals surface area contributed by atoms with Crippen molar-refractivity contribution in [3.63, 3.8) is 0 Å². The van der Waals surface area contributed by atoms with Gasteiger partial charge in [0.2, 0.25) is 0 Å². The molecule has 0 aromatic heterocycles. The lowest BCUT2D eigenvalue weighted by atomic mass is 10.1. The molecule has 14 heavy (non-hydrogen) atoms. The van der Waals surface area contributed by atoms with Crippen LogP contribution in [0.1, 0.15) is 19.3 Å². The summed E-state index contributed by atoms with van der Waals surface area (Å²) in [5, 5.41) is 0. The first-order chi connectivity index (χ1) is 6.84. The van der Waals surface area contributed by atoms with Gasteiger partial charge in [0.25, 0.3) is 0 Å². The Balaban J connectivity index is 1.68. The van der Waals surface area contributed by atoms with Gasteiger partial charge in [0, 0.05) is 26.2 Å². The molecule has 3 nitrogen and oxygen atoms in total. The molecule has 0 saturated carbocycles. The highest BCUT2D eigenvalue weighted by Crippen LogP contribution is 2.10. The molecule has 0 atom stereocenters. The molecule has 0 aliphatic carbocycles. The third-order valence-corrected chi connectivity index (χ3v) is 3.44. The average molecular weight is 197 g/mol. The maximum atomic E-state index is 2.62. The highest BCUT2D eigenvalue weighted by molar-refractivity contribution is 4.71. The molecule has 82 valence electrons. The summed E-state index contributed by atoms with van der Waals surface area (Å²) in [5.41, 5.74) is 0. The van der Waals surface area contributed by atoms with Crippen molar-refractivity contribution in [2.75, 3.05) is 53.0 Å². The van der Waals surface area contributed by atoms with Crippen LogP contribution in [0.25, 0.3) is 0 Å². The lowest BCUT2D eigenvalue weighted by Crippen LogP contribution is -2.49. The number of nitrogens with zero attached hydrogens (tertiary/aromatic N) is 3. The van der Waals surface area contributed by atoms with Gasteiger partial charge in [0.15, 0.2) is 0 Å². The second-order valence-corrected chi connectivity index (χ2v) is 4.74. The van der Waals surface area contributed by atoms with Gasteiger partial charge in [-0.2, -0.15) is 0 Å². The van der Waals surface area contributed by atoms with Crippen molar-refractivity contribution in [3.05, 3.63) is 0 Å². The van der Waals surface area contributed by atoms with Crippen molar-refractivity contribution in [2.24, 2.45) is 0 Å². The van der Waals surface area contributed by atoms with E-state index in [1.165, 1.54) is 65.2 Å². The Bertz CT molecular complexity index is 158. The van der Waals surface area contributed by atoms with Gasteiger partial charge in [0.05, 0.1) is 6.67 Å². The highest BCUT2D eigenvalue weighted by atomic mass is 15.3. The lowest BCUT2D eigenvalue weighted by Gasteiger charge is -2.37. The molecule has 2 aliphatic heterocycles. The number of rotatable bonds is 2. The smallest absolute Gasteiger partial charge is 0.0507 e. The molecule has 2 rings (SSSR count). The molecule has 0 spiro atoms. The lowest BCUT2D eigenvalue weighted by molar-refractivity contribution is 0.0733. The van der Waals surface area contributed by atoms with Crippen molar-refractivity contribution in [2.45, 2.75) is 19.3 Å². The topological polar surface area (TPSA) is 9.72 Å². The minimum absolute atomic E-state index is 1.22. The van der Waals surface area contributed by atoms with Crippen LogP contribution >= 0.6 is 0 Å². The Morgan fingerprint density at radius 3 is 1.93 bits per heavy atom. The van der Waals surface area contributed by atoms with Crippen molar-refractivity contribution in [1.82, 2.24) is 14.7 Å². The fourth-order valence-electron chi connectivity index (χ4n) is 2.37. The third kappa shape index (κ3) is 2.94. The summed E-state index contributed by atoms with van der Waals surface area (Å²) in [4.78, 5) is 7.65. The molecular formula is C11H23N3. The van der Waals surface area contributed by atoms with Gasteiger partial charge in [-0.05, 0) is 33.0 Å².